The number of piperazine rings is 1. The molecule has 0 saturated carbocycles. The molecule has 0 radical (unpaired) electrons. The highest BCUT2D eigenvalue weighted by molar-refractivity contribution is 7.92. The third-order valence-electron chi connectivity index (χ3n) is 4.91. The second kappa shape index (κ2) is 8.59. The molecule has 1 aliphatic rings. The first kappa shape index (κ1) is 21.4. The first-order valence-corrected chi connectivity index (χ1v) is 11.4. The largest absolute Gasteiger partial charge is 0.368 e. The fraction of sp³-hybridized carbons (Fsp3) is 0.350. The minimum atomic E-state index is -3.73. The van der Waals surface area contributed by atoms with Crippen LogP contribution < -0.4 is 9.21 Å². The molecule has 3 rings (SSSR count). The van der Waals surface area contributed by atoms with Gasteiger partial charge in [-0.2, -0.15) is 0 Å². The van der Waals surface area contributed by atoms with Gasteiger partial charge in [0, 0.05) is 36.9 Å². The van der Waals surface area contributed by atoms with Crippen LogP contribution in [0.25, 0.3) is 0 Å². The van der Waals surface area contributed by atoms with Gasteiger partial charge in [0.2, 0.25) is 15.9 Å². The lowest BCUT2D eigenvalue weighted by atomic mass is 10.2. The predicted molar refractivity (Wildman–Crippen MR) is 113 cm³/mol. The van der Waals surface area contributed by atoms with Gasteiger partial charge in [0.05, 0.1) is 11.9 Å². The standard InChI is InChI=1S/C20H23ClFN3O3S/c1-15(25(29(2,27)28)18-8-6-17(22)7-9-18)20(26)24-12-10-23(11-13-24)19-5-3-4-16(21)14-19/h3-9,14-15H,10-13H2,1-2H3. The molecule has 1 atom stereocenters. The van der Waals surface area contributed by atoms with Crippen molar-refractivity contribution < 1.29 is 17.6 Å². The number of benzene rings is 2. The Morgan fingerprint density at radius 3 is 2.28 bits per heavy atom. The maximum atomic E-state index is 13.2. The molecule has 1 heterocycles. The van der Waals surface area contributed by atoms with E-state index >= 15 is 0 Å². The summed E-state index contributed by atoms with van der Waals surface area (Å²) in [6.07, 6.45) is 1.04. The summed E-state index contributed by atoms with van der Waals surface area (Å²) in [5.41, 5.74) is 1.24. The Balaban J connectivity index is 1.72. The Kier molecular flexibility index (Phi) is 6.33. The third kappa shape index (κ3) is 5.00. The molecule has 0 N–H and O–H groups in total. The van der Waals surface area contributed by atoms with E-state index in [9.17, 15) is 17.6 Å². The molecule has 1 aliphatic heterocycles. The number of hydrogen-bond donors (Lipinski definition) is 0. The fourth-order valence-electron chi connectivity index (χ4n) is 3.51. The van der Waals surface area contributed by atoms with E-state index < -0.39 is 21.9 Å². The van der Waals surface area contributed by atoms with E-state index in [-0.39, 0.29) is 11.6 Å². The zero-order valence-electron chi connectivity index (χ0n) is 16.3. The lowest BCUT2D eigenvalue weighted by Crippen LogP contribution is -2.55. The number of sulfonamides is 1. The number of carbonyl (C=O) groups is 1. The van der Waals surface area contributed by atoms with Gasteiger partial charge in [0.25, 0.3) is 0 Å². The summed E-state index contributed by atoms with van der Waals surface area (Å²) in [7, 11) is -3.73. The molecule has 2 aromatic carbocycles. The molecule has 9 heteroatoms. The van der Waals surface area contributed by atoms with Crippen molar-refractivity contribution in [2.24, 2.45) is 0 Å². The van der Waals surface area contributed by atoms with E-state index in [0.29, 0.717) is 31.2 Å². The fourth-order valence-corrected chi connectivity index (χ4v) is 4.87. The van der Waals surface area contributed by atoms with Gasteiger partial charge in [-0.1, -0.05) is 17.7 Å². The predicted octanol–water partition coefficient (Wildman–Crippen LogP) is 2.98. The monoisotopic (exact) mass is 439 g/mol. The minimum Gasteiger partial charge on any atom is -0.368 e. The normalized spacial score (nSPS) is 15.9. The van der Waals surface area contributed by atoms with Crippen LogP contribution in [0.5, 0.6) is 0 Å². The number of halogens is 2. The van der Waals surface area contributed by atoms with Crippen LogP contribution in [0, 0.1) is 5.82 Å². The zero-order valence-corrected chi connectivity index (χ0v) is 17.8. The van der Waals surface area contributed by atoms with Crippen molar-refractivity contribution in [1.82, 2.24) is 4.90 Å². The molecule has 2 aromatic rings. The number of nitrogens with zero attached hydrogens (tertiary/aromatic N) is 3. The molecule has 0 aliphatic carbocycles. The second-order valence-electron chi connectivity index (χ2n) is 7.00. The topological polar surface area (TPSA) is 60.9 Å². The number of hydrogen-bond acceptors (Lipinski definition) is 4. The number of anilines is 2. The van der Waals surface area contributed by atoms with Crippen LogP contribution in [0.4, 0.5) is 15.8 Å². The number of amides is 1. The van der Waals surface area contributed by atoms with Crippen LogP contribution in [-0.2, 0) is 14.8 Å². The Hall–Kier alpha value is -2.32. The summed E-state index contributed by atoms with van der Waals surface area (Å²) in [6.45, 7) is 3.73. The summed E-state index contributed by atoms with van der Waals surface area (Å²) in [5.74, 6) is -0.760. The average Bonchev–Trinajstić information content (AvgIpc) is 2.68. The Labute approximate surface area is 175 Å². The molecular weight excluding hydrogens is 417 g/mol. The van der Waals surface area contributed by atoms with Crippen LogP contribution in [0.1, 0.15) is 6.92 Å². The van der Waals surface area contributed by atoms with Crippen molar-refractivity contribution in [2.75, 3.05) is 41.6 Å². The van der Waals surface area contributed by atoms with Crippen LogP contribution in [0.3, 0.4) is 0 Å². The van der Waals surface area contributed by atoms with Crippen molar-refractivity contribution in [3.63, 3.8) is 0 Å². The van der Waals surface area contributed by atoms with Gasteiger partial charge in [0.1, 0.15) is 11.9 Å². The molecule has 0 spiro atoms. The van der Waals surface area contributed by atoms with Crippen molar-refractivity contribution in [3.05, 3.63) is 59.4 Å². The lowest BCUT2D eigenvalue weighted by molar-refractivity contribution is -0.132. The van der Waals surface area contributed by atoms with Crippen LogP contribution in [-0.4, -0.2) is 57.7 Å². The molecule has 29 heavy (non-hydrogen) atoms. The molecular formula is C20H23ClFN3O3S. The molecule has 156 valence electrons. The summed E-state index contributed by atoms with van der Waals surface area (Å²) < 4.78 is 39.0. The Morgan fingerprint density at radius 2 is 1.72 bits per heavy atom. The summed E-state index contributed by atoms with van der Waals surface area (Å²) in [6, 6.07) is 11.7. The van der Waals surface area contributed by atoms with Crippen LogP contribution >= 0.6 is 11.6 Å². The summed E-state index contributed by atoms with van der Waals surface area (Å²) in [4.78, 5) is 16.8. The molecule has 1 fully saturated rings. The number of carbonyl (C=O) groups excluding carboxylic acids is 1. The Morgan fingerprint density at radius 1 is 1.10 bits per heavy atom. The molecule has 0 bridgehead atoms. The van der Waals surface area contributed by atoms with Crippen LogP contribution in [0.15, 0.2) is 48.5 Å². The molecule has 0 aromatic heterocycles. The first-order chi connectivity index (χ1) is 13.7. The first-order valence-electron chi connectivity index (χ1n) is 9.21. The highest BCUT2D eigenvalue weighted by Gasteiger charge is 2.33. The van der Waals surface area contributed by atoms with Gasteiger partial charge in [-0.15, -0.1) is 0 Å². The van der Waals surface area contributed by atoms with Crippen molar-refractivity contribution in [3.8, 4) is 0 Å². The minimum absolute atomic E-state index is 0.257. The zero-order chi connectivity index (χ0) is 21.2. The smallest absolute Gasteiger partial charge is 0.246 e. The highest BCUT2D eigenvalue weighted by Crippen LogP contribution is 2.24. The van der Waals surface area contributed by atoms with E-state index in [0.717, 1.165) is 16.2 Å². The molecule has 1 amide bonds. The average molecular weight is 440 g/mol. The maximum absolute atomic E-state index is 13.2. The van der Waals surface area contributed by atoms with Crippen molar-refractivity contribution in [2.45, 2.75) is 13.0 Å². The van der Waals surface area contributed by atoms with Gasteiger partial charge in [-0.3, -0.25) is 9.10 Å². The van der Waals surface area contributed by atoms with E-state index in [1.165, 1.54) is 24.3 Å². The van der Waals surface area contributed by atoms with Gasteiger partial charge in [-0.05, 0) is 49.4 Å². The summed E-state index contributed by atoms with van der Waals surface area (Å²) >= 11 is 6.05. The summed E-state index contributed by atoms with van der Waals surface area (Å²) in [5, 5.41) is 0.651. The molecule has 1 saturated heterocycles. The van der Waals surface area contributed by atoms with E-state index in [4.69, 9.17) is 11.6 Å². The van der Waals surface area contributed by atoms with E-state index in [1.807, 2.05) is 24.3 Å². The number of rotatable bonds is 5. The maximum Gasteiger partial charge on any atom is 0.246 e. The van der Waals surface area contributed by atoms with E-state index in [2.05, 4.69) is 4.90 Å². The third-order valence-corrected chi connectivity index (χ3v) is 6.39. The highest BCUT2D eigenvalue weighted by atomic mass is 35.5. The lowest BCUT2D eigenvalue weighted by Gasteiger charge is -2.39. The second-order valence-corrected chi connectivity index (χ2v) is 9.30. The molecule has 1 unspecified atom stereocenters. The van der Waals surface area contributed by atoms with Crippen molar-refractivity contribution in [1.29, 1.82) is 0 Å². The van der Waals surface area contributed by atoms with Gasteiger partial charge in [0.15, 0.2) is 0 Å². The van der Waals surface area contributed by atoms with Gasteiger partial charge >= 0.3 is 0 Å². The van der Waals surface area contributed by atoms with Gasteiger partial charge < -0.3 is 9.80 Å². The SMILES string of the molecule is CC(C(=O)N1CCN(c2cccc(Cl)c2)CC1)N(c1ccc(F)cc1)S(C)(=O)=O. The van der Waals surface area contributed by atoms with E-state index in [1.54, 1.807) is 11.8 Å². The van der Waals surface area contributed by atoms with Gasteiger partial charge in [-0.25, -0.2) is 12.8 Å². The van der Waals surface area contributed by atoms with Crippen molar-refractivity contribution >= 4 is 38.9 Å². The quantitative estimate of drug-likeness (QED) is 0.718. The van der Waals surface area contributed by atoms with Crippen LogP contribution in [0.2, 0.25) is 5.02 Å². The Bertz CT molecular complexity index is 977. The molecule has 6 nitrogen and oxygen atoms in total.